The number of nitrogens with one attached hydrogen (secondary N) is 3. The highest BCUT2D eigenvalue weighted by atomic mass is 16.5. The minimum absolute atomic E-state index is 0.0422. The number of rotatable bonds is 11. The zero-order valence-electron chi connectivity index (χ0n) is 30.3. The van der Waals surface area contributed by atoms with Crippen molar-refractivity contribution in [1.82, 2.24) is 34.8 Å². The lowest BCUT2D eigenvalue weighted by molar-refractivity contribution is -0.136. The highest BCUT2D eigenvalue weighted by molar-refractivity contribution is 6.23. The molecule has 0 saturated carbocycles. The maximum Gasteiger partial charge on any atom is 0.262 e. The summed E-state index contributed by atoms with van der Waals surface area (Å²) in [6, 6.07) is 20.2. The molecule has 2 fully saturated rings. The van der Waals surface area contributed by atoms with Gasteiger partial charge in [-0.3, -0.25) is 38.6 Å². The molecule has 14 nitrogen and oxygen atoms in total. The van der Waals surface area contributed by atoms with Crippen molar-refractivity contribution in [3.05, 3.63) is 108 Å². The van der Waals surface area contributed by atoms with E-state index in [0.29, 0.717) is 24.8 Å². The van der Waals surface area contributed by atoms with Gasteiger partial charge in [-0.25, -0.2) is 9.97 Å². The van der Waals surface area contributed by atoms with E-state index in [0.717, 1.165) is 53.4 Å². The van der Waals surface area contributed by atoms with Crippen molar-refractivity contribution in [2.24, 2.45) is 0 Å². The summed E-state index contributed by atoms with van der Waals surface area (Å²) < 4.78 is 7.69. The molecule has 5 heterocycles. The Morgan fingerprint density at radius 3 is 2.51 bits per heavy atom. The van der Waals surface area contributed by atoms with E-state index >= 15 is 0 Å². The first-order valence-corrected chi connectivity index (χ1v) is 18.5. The van der Waals surface area contributed by atoms with Crippen LogP contribution in [-0.4, -0.2) is 92.5 Å². The fraction of sp³-hybridized carbons (Fsp3) is 0.293. The van der Waals surface area contributed by atoms with E-state index in [-0.39, 0.29) is 42.2 Å². The molecule has 14 heteroatoms. The second-order valence-electron chi connectivity index (χ2n) is 14.1. The van der Waals surface area contributed by atoms with Gasteiger partial charge in [0.2, 0.25) is 11.8 Å². The highest BCUT2D eigenvalue weighted by Crippen LogP contribution is 2.32. The van der Waals surface area contributed by atoms with Crippen molar-refractivity contribution in [1.29, 1.82) is 0 Å². The van der Waals surface area contributed by atoms with Gasteiger partial charge < -0.3 is 20.3 Å². The molecule has 0 aliphatic carbocycles. The Balaban J connectivity index is 0.774. The average molecular weight is 741 g/mol. The van der Waals surface area contributed by atoms with E-state index in [1.807, 2.05) is 18.5 Å². The molecule has 5 amide bonds. The summed E-state index contributed by atoms with van der Waals surface area (Å²) in [7, 11) is 0. The number of hydrogen-bond donors (Lipinski definition) is 3. The second-order valence-corrected chi connectivity index (χ2v) is 14.1. The van der Waals surface area contributed by atoms with Gasteiger partial charge in [-0.15, -0.1) is 0 Å². The van der Waals surface area contributed by atoms with E-state index in [2.05, 4.69) is 79.6 Å². The molecule has 0 radical (unpaired) electrons. The molecule has 1 atom stereocenters. The number of aryl methyl sites for hydroxylation is 1. The SMILES string of the molecule is Cc1cccc(-c2cnc(Nc3ccc(C4CCN(CCNC(=O)COc5ccc6c(c5)C(=O)N(C5CCC(=O)NC5=O)C6=O)CC4)cc3)c3nccn23)c1. The fourth-order valence-electron chi connectivity index (χ4n) is 7.58. The van der Waals surface area contributed by atoms with Crippen LogP contribution in [0.5, 0.6) is 5.75 Å². The van der Waals surface area contributed by atoms with E-state index in [1.54, 1.807) is 6.20 Å². The Morgan fingerprint density at radius 2 is 1.73 bits per heavy atom. The van der Waals surface area contributed by atoms with Gasteiger partial charge in [0.1, 0.15) is 11.8 Å². The molecule has 0 spiro atoms. The number of fused-ring (bicyclic) bond motifs is 2. The van der Waals surface area contributed by atoms with Crippen molar-refractivity contribution < 1.29 is 28.7 Å². The van der Waals surface area contributed by atoms with Gasteiger partial charge >= 0.3 is 0 Å². The quantitative estimate of drug-likeness (QED) is 0.167. The smallest absolute Gasteiger partial charge is 0.262 e. The number of hydrogen-bond acceptors (Lipinski definition) is 10. The van der Waals surface area contributed by atoms with Gasteiger partial charge in [-0.05, 0) is 87.2 Å². The van der Waals surface area contributed by atoms with Crippen LogP contribution in [0.25, 0.3) is 16.9 Å². The number of ether oxygens (including phenoxy) is 1. The lowest BCUT2D eigenvalue weighted by Crippen LogP contribution is -2.54. The summed E-state index contributed by atoms with van der Waals surface area (Å²) in [5.74, 6) is -1.24. The van der Waals surface area contributed by atoms with Gasteiger partial charge in [-0.1, -0.05) is 35.9 Å². The summed E-state index contributed by atoms with van der Waals surface area (Å²) in [4.78, 5) is 74.9. The van der Waals surface area contributed by atoms with E-state index in [1.165, 1.54) is 29.3 Å². The monoisotopic (exact) mass is 740 g/mol. The van der Waals surface area contributed by atoms with Crippen molar-refractivity contribution in [2.45, 2.75) is 44.6 Å². The molecule has 2 aromatic heterocycles. The van der Waals surface area contributed by atoms with Crippen molar-refractivity contribution in [3.63, 3.8) is 0 Å². The van der Waals surface area contributed by atoms with Crippen LogP contribution in [0.4, 0.5) is 11.5 Å². The van der Waals surface area contributed by atoms with Crippen molar-refractivity contribution >= 4 is 46.7 Å². The molecule has 5 aromatic rings. The number of amides is 5. The number of piperidine rings is 2. The van der Waals surface area contributed by atoms with E-state index in [4.69, 9.17) is 9.72 Å². The topological polar surface area (TPSA) is 167 Å². The number of anilines is 2. The molecule has 8 rings (SSSR count). The summed E-state index contributed by atoms with van der Waals surface area (Å²) in [5.41, 5.74) is 6.50. The Hall–Kier alpha value is -6.41. The molecule has 3 aliphatic rings. The molecule has 3 aliphatic heterocycles. The van der Waals surface area contributed by atoms with Crippen LogP contribution in [0.2, 0.25) is 0 Å². The highest BCUT2D eigenvalue weighted by Gasteiger charge is 2.44. The summed E-state index contributed by atoms with van der Waals surface area (Å²) in [5, 5.41) is 8.52. The number of imidazole rings is 1. The molecule has 2 saturated heterocycles. The van der Waals surface area contributed by atoms with Gasteiger partial charge in [0.25, 0.3) is 17.7 Å². The standard InChI is InChI=1S/C41H40N8O6/c1-25-3-2-4-28(21-25)34-23-44-37(38-43-16-20-48(34)38)45-29-7-5-26(6-8-29)27-13-17-47(18-14-27)19-15-42-36(51)24-55-30-9-10-31-32(22-30)41(54)49(40(31)53)33-11-12-35(50)46-39(33)52/h2-10,16,20-23,27,33H,11-15,17-19,24H2,1H3,(H,42,51)(H,44,45)(H,46,50,52). The molecule has 3 aromatic carbocycles. The van der Waals surface area contributed by atoms with Crippen LogP contribution < -0.4 is 20.7 Å². The maximum atomic E-state index is 13.1. The zero-order valence-corrected chi connectivity index (χ0v) is 30.3. The van der Waals surface area contributed by atoms with Crippen LogP contribution >= 0.6 is 0 Å². The third-order valence-corrected chi connectivity index (χ3v) is 10.5. The van der Waals surface area contributed by atoms with Crippen LogP contribution in [0, 0.1) is 6.92 Å². The maximum absolute atomic E-state index is 13.1. The molecule has 55 heavy (non-hydrogen) atoms. The number of imide groups is 2. The number of likely N-dealkylation sites (tertiary alicyclic amines) is 1. The lowest BCUT2D eigenvalue weighted by Gasteiger charge is -2.32. The van der Waals surface area contributed by atoms with Crippen molar-refractivity contribution in [3.8, 4) is 17.0 Å². The zero-order chi connectivity index (χ0) is 38.1. The van der Waals surface area contributed by atoms with Gasteiger partial charge in [-0.2, -0.15) is 0 Å². The first-order chi connectivity index (χ1) is 26.7. The third-order valence-electron chi connectivity index (χ3n) is 10.5. The first kappa shape index (κ1) is 35.6. The molecule has 280 valence electrons. The third kappa shape index (κ3) is 7.40. The van der Waals surface area contributed by atoms with Gasteiger partial charge in [0.05, 0.1) is 23.0 Å². The normalized spacial score (nSPS) is 17.7. The second kappa shape index (κ2) is 15.1. The van der Waals surface area contributed by atoms with Crippen LogP contribution in [-0.2, 0) is 14.4 Å². The Bertz CT molecular complexity index is 2310. The molecule has 3 N–H and O–H groups in total. The minimum atomic E-state index is -1.05. The molecular formula is C41H40N8O6. The predicted octanol–water partition coefficient (Wildman–Crippen LogP) is 4.22. The molecule has 1 unspecified atom stereocenters. The fourth-order valence-corrected chi connectivity index (χ4v) is 7.58. The van der Waals surface area contributed by atoms with E-state index < -0.39 is 29.7 Å². The predicted molar refractivity (Wildman–Crippen MR) is 203 cm³/mol. The minimum Gasteiger partial charge on any atom is -0.484 e. The number of aromatic nitrogens is 3. The van der Waals surface area contributed by atoms with Gasteiger partial charge in [0.15, 0.2) is 18.1 Å². The Labute approximate surface area is 316 Å². The van der Waals surface area contributed by atoms with Crippen LogP contribution in [0.3, 0.4) is 0 Å². The molecule has 0 bridgehead atoms. The number of carbonyl (C=O) groups is 5. The summed E-state index contributed by atoms with van der Waals surface area (Å²) in [6.07, 6.45) is 7.76. The summed E-state index contributed by atoms with van der Waals surface area (Å²) >= 11 is 0. The summed E-state index contributed by atoms with van der Waals surface area (Å²) in [6.45, 7) is 4.84. The first-order valence-electron chi connectivity index (χ1n) is 18.5. The molecular weight excluding hydrogens is 701 g/mol. The average Bonchev–Trinajstić information content (AvgIpc) is 3.78. The lowest BCUT2D eigenvalue weighted by atomic mass is 9.89. The van der Waals surface area contributed by atoms with Crippen molar-refractivity contribution in [2.75, 3.05) is 38.1 Å². The number of nitrogens with zero attached hydrogens (tertiary/aromatic N) is 5. The Kier molecular flexibility index (Phi) is 9.81. The number of benzene rings is 3. The van der Waals surface area contributed by atoms with Crippen LogP contribution in [0.1, 0.15) is 63.4 Å². The van der Waals surface area contributed by atoms with E-state index in [9.17, 15) is 24.0 Å². The largest absolute Gasteiger partial charge is 0.484 e. The number of carbonyl (C=O) groups excluding carboxylic acids is 5. The van der Waals surface area contributed by atoms with Crippen LogP contribution in [0.15, 0.2) is 85.3 Å². The Morgan fingerprint density at radius 1 is 0.927 bits per heavy atom. The van der Waals surface area contributed by atoms with Gasteiger partial charge in [0, 0.05) is 43.2 Å².